The molecule has 2 aromatic carbocycles. The van der Waals surface area contributed by atoms with E-state index in [9.17, 15) is 14.4 Å². The van der Waals surface area contributed by atoms with Crippen LogP contribution in [0.1, 0.15) is 28.8 Å². The fourth-order valence-electron chi connectivity index (χ4n) is 3.11. The number of Topliss-reactive ketones (excluding diaryl/α,β-unsaturated/α-hetero) is 1. The number of carbonyl (C=O) groups excluding carboxylic acids is 3. The molecule has 0 spiro atoms. The summed E-state index contributed by atoms with van der Waals surface area (Å²) in [7, 11) is 2.80. The van der Waals surface area contributed by atoms with Gasteiger partial charge in [-0.2, -0.15) is 0 Å². The van der Waals surface area contributed by atoms with Crippen molar-refractivity contribution in [3.05, 3.63) is 59.7 Å². The SMILES string of the molecule is COC(=O)/C=C/c1ccc(OCC(=O)c2ccc(N3CCCC3=O)cc2)c(OC)c1. The minimum Gasteiger partial charge on any atom is -0.493 e. The van der Waals surface area contributed by atoms with Crippen molar-refractivity contribution in [3.63, 3.8) is 0 Å². The summed E-state index contributed by atoms with van der Waals surface area (Å²) in [6.07, 6.45) is 4.31. The van der Waals surface area contributed by atoms with Crippen molar-refractivity contribution >= 4 is 29.4 Å². The zero-order valence-corrected chi connectivity index (χ0v) is 16.9. The highest BCUT2D eigenvalue weighted by Gasteiger charge is 2.21. The molecule has 1 aliphatic rings. The summed E-state index contributed by atoms with van der Waals surface area (Å²) in [4.78, 5) is 37.2. The van der Waals surface area contributed by atoms with Crippen LogP contribution < -0.4 is 14.4 Å². The Balaban J connectivity index is 1.63. The van der Waals surface area contributed by atoms with Crippen molar-refractivity contribution in [1.82, 2.24) is 0 Å². The molecule has 1 aliphatic heterocycles. The normalized spacial score (nSPS) is 13.5. The maximum Gasteiger partial charge on any atom is 0.330 e. The Hall–Kier alpha value is -3.61. The van der Waals surface area contributed by atoms with Crippen LogP contribution in [-0.4, -0.2) is 45.0 Å². The molecule has 0 atom stereocenters. The van der Waals surface area contributed by atoms with Gasteiger partial charge in [-0.05, 0) is 54.5 Å². The van der Waals surface area contributed by atoms with Gasteiger partial charge in [-0.3, -0.25) is 9.59 Å². The molecular weight excluding hydrogens is 386 g/mol. The molecule has 1 heterocycles. The van der Waals surface area contributed by atoms with Crippen LogP contribution in [0.4, 0.5) is 5.69 Å². The highest BCUT2D eigenvalue weighted by atomic mass is 16.5. The first-order chi connectivity index (χ1) is 14.5. The molecule has 2 aromatic rings. The molecule has 1 saturated heterocycles. The van der Waals surface area contributed by atoms with Crippen molar-refractivity contribution in [2.24, 2.45) is 0 Å². The highest BCUT2D eigenvalue weighted by Crippen LogP contribution is 2.29. The topological polar surface area (TPSA) is 82.1 Å². The largest absolute Gasteiger partial charge is 0.493 e. The number of methoxy groups -OCH3 is 2. The number of ketones is 1. The van der Waals surface area contributed by atoms with Gasteiger partial charge in [-0.15, -0.1) is 0 Å². The monoisotopic (exact) mass is 409 g/mol. The standard InChI is InChI=1S/C23H23NO6/c1-28-21-14-16(6-12-23(27)29-2)5-11-20(21)30-15-19(25)17-7-9-18(10-8-17)24-13-3-4-22(24)26/h5-12,14H,3-4,13,15H2,1-2H3/b12-6+. The lowest BCUT2D eigenvalue weighted by molar-refractivity contribution is -0.134. The van der Waals surface area contributed by atoms with Gasteiger partial charge in [-0.25, -0.2) is 4.79 Å². The van der Waals surface area contributed by atoms with Crippen LogP contribution in [0.5, 0.6) is 11.5 Å². The molecule has 30 heavy (non-hydrogen) atoms. The maximum atomic E-state index is 12.5. The quantitative estimate of drug-likeness (QED) is 0.378. The minimum atomic E-state index is -0.458. The second-order valence-electron chi connectivity index (χ2n) is 6.67. The number of hydrogen-bond donors (Lipinski definition) is 0. The molecule has 0 aliphatic carbocycles. The summed E-state index contributed by atoms with van der Waals surface area (Å²) in [5.41, 5.74) is 2.03. The van der Waals surface area contributed by atoms with E-state index in [1.165, 1.54) is 20.3 Å². The molecule has 1 amide bonds. The van der Waals surface area contributed by atoms with Crippen LogP contribution >= 0.6 is 0 Å². The van der Waals surface area contributed by atoms with E-state index in [-0.39, 0.29) is 18.3 Å². The zero-order valence-electron chi connectivity index (χ0n) is 16.9. The molecule has 0 saturated carbocycles. The van der Waals surface area contributed by atoms with E-state index in [1.807, 2.05) is 0 Å². The summed E-state index contributed by atoms with van der Waals surface area (Å²) < 4.78 is 15.5. The second-order valence-corrected chi connectivity index (χ2v) is 6.67. The second kappa shape index (κ2) is 9.73. The summed E-state index contributed by atoms with van der Waals surface area (Å²) in [5, 5.41) is 0. The van der Waals surface area contributed by atoms with Gasteiger partial charge in [0.15, 0.2) is 23.9 Å². The lowest BCUT2D eigenvalue weighted by Gasteiger charge is -2.16. The Morgan fingerprint density at radius 2 is 1.83 bits per heavy atom. The van der Waals surface area contributed by atoms with E-state index in [0.29, 0.717) is 30.0 Å². The van der Waals surface area contributed by atoms with E-state index in [2.05, 4.69) is 4.74 Å². The predicted octanol–water partition coefficient (Wildman–Crippen LogP) is 3.27. The van der Waals surface area contributed by atoms with Gasteiger partial charge < -0.3 is 19.1 Å². The summed E-state index contributed by atoms with van der Waals surface area (Å²) in [6, 6.07) is 12.1. The first-order valence-corrected chi connectivity index (χ1v) is 9.52. The Morgan fingerprint density at radius 1 is 1.07 bits per heavy atom. The van der Waals surface area contributed by atoms with Gasteiger partial charge in [0.1, 0.15) is 0 Å². The molecule has 0 bridgehead atoms. The fraction of sp³-hybridized carbons (Fsp3) is 0.261. The third-order valence-electron chi connectivity index (χ3n) is 4.73. The molecule has 0 radical (unpaired) electrons. The summed E-state index contributed by atoms with van der Waals surface area (Å²) in [6.45, 7) is 0.551. The lowest BCUT2D eigenvalue weighted by Crippen LogP contribution is -2.23. The van der Waals surface area contributed by atoms with E-state index in [4.69, 9.17) is 9.47 Å². The van der Waals surface area contributed by atoms with Crippen LogP contribution in [0.2, 0.25) is 0 Å². The number of ether oxygens (including phenoxy) is 3. The number of hydrogen-bond acceptors (Lipinski definition) is 6. The third kappa shape index (κ3) is 5.05. The third-order valence-corrected chi connectivity index (χ3v) is 4.73. The minimum absolute atomic E-state index is 0.106. The number of amides is 1. The van der Waals surface area contributed by atoms with Crippen LogP contribution in [0.15, 0.2) is 48.5 Å². The van der Waals surface area contributed by atoms with Gasteiger partial charge in [0, 0.05) is 30.3 Å². The smallest absolute Gasteiger partial charge is 0.330 e. The Kier molecular flexibility index (Phi) is 6.85. The van der Waals surface area contributed by atoms with Crippen LogP contribution in [0.3, 0.4) is 0 Å². The van der Waals surface area contributed by atoms with Crippen molar-refractivity contribution in [3.8, 4) is 11.5 Å². The van der Waals surface area contributed by atoms with Crippen LogP contribution in [-0.2, 0) is 14.3 Å². The molecule has 0 aromatic heterocycles. The van der Waals surface area contributed by atoms with Gasteiger partial charge in [0.25, 0.3) is 0 Å². The van der Waals surface area contributed by atoms with Crippen molar-refractivity contribution in [2.45, 2.75) is 12.8 Å². The highest BCUT2D eigenvalue weighted by molar-refractivity contribution is 5.99. The zero-order chi connectivity index (χ0) is 21.5. The summed E-state index contributed by atoms with van der Waals surface area (Å²) >= 11 is 0. The molecule has 7 nitrogen and oxygen atoms in total. The molecular formula is C23H23NO6. The van der Waals surface area contributed by atoms with Gasteiger partial charge in [0.05, 0.1) is 14.2 Å². The number of carbonyl (C=O) groups is 3. The van der Waals surface area contributed by atoms with Crippen molar-refractivity contribution in [1.29, 1.82) is 0 Å². The van der Waals surface area contributed by atoms with E-state index >= 15 is 0 Å². The molecule has 0 unspecified atom stereocenters. The molecule has 156 valence electrons. The Morgan fingerprint density at radius 3 is 2.47 bits per heavy atom. The maximum absolute atomic E-state index is 12.5. The lowest BCUT2D eigenvalue weighted by atomic mass is 10.1. The number of benzene rings is 2. The Labute approximate surface area is 174 Å². The molecule has 0 N–H and O–H groups in total. The number of anilines is 1. The van der Waals surface area contributed by atoms with E-state index in [1.54, 1.807) is 53.4 Å². The van der Waals surface area contributed by atoms with E-state index in [0.717, 1.165) is 17.7 Å². The van der Waals surface area contributed by atoms with Gasteiger partial charge in [-0.1, -0.05) is 6.07 Å². The number of rotatable bonds is 8. The predicted molar refractivity (Wildman–Crippen MR) is 112 cm³/mol. The average Bonchev–Trinajstić information content (AvgIpc) is 3.21. The summed E-state index contributed by atoms with van der Waals surface area (Å²) in [5.74, 6) is 0.318. The Bertz CT molecular complexity index is 964. The van der Waals surface area contributed by atoms with Gasteiger partial charge >= 0.3 is 5.97 Å². The van der Waals surface area contributed by atoms with Crippen molar-refractivity contribution in [2.75, 3.05) is 32.3 Å². The van der Waals surface area contributed by atoms with Crippen LogP contribution in [0.25, 0.3) is 6.08 Å². The van der Waals surface area contributed by atoms with Gasteiger partial charge in [0.2, 0.25) is 5.91 Å². The van der Waals surface area contributed by atoms with Crippen molar-refractivity contribution < 1.29 is 28.6 Å². The molecule has 7 heteroatoms. The number of nitrogens with zero attached hydrogens (tertiary/aromatic N) is 1. The van der Waals surface area contributed by atoms with Crippen LogP contribution in [0, 0.1) is 0 Å². The molecule has 3 rings (SSSR count). The van der Waals surface area contributed by atoms with E-state index < -0.39 is 5.97 Å². The average molecular weight is 409 g/mol. The number of esters is 1. The molecule has 1 fully saturated rings. The fourth-order valence-corrected chi connectivity index (χ4v) is 3.11. The first kappa shape index (κ1) is 21.1. The first-order valence-electron chi connectivity index (χ1n) is 9.52.